The SMILES string of the molecule is COc1cc(NC(=O)[C@@H]2CCCN2C(=O)[C@@H](N)CCCCN)cc2ccccc12.Cl.Cl. The molecule has 5 N–H and O–H groups in total. The number of unbranched alkanes of at least 4 members (excludes halogenated alkanes) is 1. The minimum absolute atomic E-state index is 0. The van der Waals surface area contributed by atoms with Gasteiger partial charge in [-0.3, -0.25) is 9.59 Å². The summed E-state index contributed by atoms with van der Waals surface area (Å²) in [5.41, 5.74) is 12.2. The van der Waals surface area contributed by atoms with E-state index in [9.17, 15) is 9.59 Å². The fourth-order valence-electron chi connectivity index (χ4n) is 3.89. The lowest BCUT2D eigenvalue weighted by molar-refractivity contribution is -0.137. The van der Waals surface area contributed by atoms with Gasteiger partial charge >= 0.3 is 0 Å². The summed E-state index contributed by atoms with van der Waals surface area (Å²) in [6.07, 6.45) is 3.67. The molecular formula is C22H32Cl2N4O3. The normalized spacial score (nSPS) is 16.2. The number of carbonyl (C=O) groups excluding carboxylic acids is 2. The molecule has 0 saturated carbocycles. The average molecular weight is 471 g/mol. The molecule has 2 atom stereocenters. The van der Waals surface area contributed by atoms with Crippen molar-refractivity contribution < 1.29 is 14.3 Å². The van der Waals surface area contributed by atoms with Gasteiger partial charge in [-0.15, -0.1) is 24.8 Å². The minimum Gasteiger partial charge on any atom is -0.496 e. The molecule has 172 valence electrons. The van der Waals surface area contributed by atoms with Crippen molar-refractivity contribution in [3.05, 3.63) is 36.4 Å². The Morgan fingerprint density at radius 1 is 1.23 bits per heavy atom. The summed E-state index contributed by atoms with van der Waals surface area (Å²) < 4.78 is 5.47. The Kier molecular flexibility index (Phi) is 11.1. The fraction of sp³-hybridized carbons (Fsp3) is 0.455. The number of likely N-dealkylation sites (tertiary alicyclic amines) is 1. The second kappa shape index (κ2) is 12.7. The first-order valence-corrected chi connectivity index (χ1v) is 10.2. The molecule has 9 heteroatoms. The molecule has 1 aliphatic heterocycles. The first-order valence-electron chi connectivity index (χ1n) is 10.2. The molecule has 7 nitrogen and oxygen atoms in total. The molecule has 31 heavy (non-hydrogen) atoms. The van der Waals surface area contributed by atoms with Crippen LogP contribution in [0.5, 0.6) is 5.75 Å². The number of methoxy groups -OCH3 is 1. The van der Waals surface area contributed by atoms with E-state index in [2.05, 4.69) is 5.32 Å². The van der Waals surface area contributed by atoms with Crippen LogP contribution < -0.4 is 21.5 Å². The molecule has 1 fully saturated rings. The average Bonchev–Trinajstić information content (AvgIpc) is 3.22. The molecule has 1 heterocycles. The molecular weight excluding hydrogens is 439 g/mol. The van der Waals surface area contributed by atoms with E-state index >= 15 is 0 Å². The number of nitrogens with two attached hydrogens (primary N) is 2. The fourth-order valence-corrected chi connectivity index (χ4v) is 3.89. The molecule has 0 bridgehead atoms. The highest BCUT2D eigenvalue weighted by molar-refractivity contribution is 6.01. The molecule has 2 aromatic carbocycles. The van der Waals surface area contributed by atoms with Crippen LogP contribution in [0.1, 0.15) is 32.1 Å². The van der Waals surface area contributed by atoms with Crippen LogP contribution in [0.15, 0.2) is 36.4 Å². The van der Waals surface area contributed by atoms with Crippen LogP contribution in [0.2, 0.25) is 0 Å². The molecule has 0 unspecified atom stereocenters. The third-order valence-corrected chi connectivity index (χ3v) is 5.44. The Labute approximate surface area is 195 Å². The summed E-state index contributed by atoms with van der Waals surface area (Å²) >= 11 is 0. The summed E-state index contributed by atoms with van der Waals surface area (Å²) in [7, 11) is 1.61. The highest BCUT2D eigenvalue weighted by Gasteiger charge is 2.36. The number of fused-ring (bicyclic) bond motifs is 1. The largest absolute Gasteiger partial charge is 0.496 e. The second-order valence-corrected chi connectivity index (χ2v) is 7.47. The van der Waals surface area contributed by atoms with E-state index in [-0.39, 0.29) is 36.6 Å². The van der Waals surface area contributed by atoms with E-state index in [0.717, 1.165) is 30.0 Å². The topological polar surface area (TPSA) is 111 Å². The minimum atomic E-state index is -0.587. The first kappa shape index (κ1) is 27.0. The van der Waals surface area contributed by atoms with E-state index in [0.29, 0.717) is 37.4 Å². The Hall–Kier alpha value is -2.06. The summed E-state index contributed by atoms with van der Waals surface area (Å²) in [6.45, 7) is 1.15. The van der Waals surface area contributed by atoms with Crippen molar-refractivity contribution in [1.29, 1.82) is 0 Å². The zero-order valence-corrected chi connectivity index (χ0v) is 19.3. The lowest BCUT2D eigenvalue weighted by Gasteiger charge is -2.27. The Bertz CT molecular complexity index is 881. The molecule has 2 amide bonds. The number of hydrogen-bond acceptors (Lipinski definition) is 5. The molecule has 2 aromatic rings. The number of nitrogens with one attached hydrogen (secondary N) is 1. The number of halogens is 2. The number of ether oxygens (including phenoxy) is 1. The zero-order valence-electron chi connectivity index (χ0n) is 17.7. The zero-order chi connectivity index (χ0) is 20.8. The van der Waals surface area contributed by atoms with E-state index in [1.54, 1.807) is 18.1 Å². The number of hydrogen-bond donors (Lipinski definition) is 3. The van der Waals surface area contributed by atoms with Crippen LogP contribution in [-0.2, 0) is 9.59 Å². The van der Waals surface area contributed by atoms with Crippen molar-refractivity contribution in [2.45, 2.75) is 44.2 Å². The van der Waals surface area contributed by atoms with E-state index in [1.807, 2.05) is 30.3 Å². The highest BCUT2D eigenvalue weighted by Crippen LogP contribution is 2.30. The predicted molar refractivity (Wildman–Crippen MR) is 129 cm³/mol. The number of nitrogens with zero attached hydrogens (tertiary/aromatic N) is 1. The molecule has 1 aliphatic rings. The van der Waals surface area contributed by atoms with Crippen LogP contribution in [0.4, 0.5) is 5.69 Å². The van der Waals surface area contributed by atoms with Gasteiger partial charge in [-0.1, -0.05) is 30.7 Å². The van der Waals surface area contributed by atoms with Gasteiger partial charge in [0.05, 0.1) is 13.2 Å². The Morgan fingerprint density at radius 3 is 2.68 bits per heavy atom. The lowest BCUT2D eigenvalue weighted by Crippen LogP contribution is -2.49. The van der Waals surface area contributed by atoms with Gasteiger partial charge in [0.2, 0.25) is 11.8 Å². The van der Waals surface area contributed by atoms with Gasteiger partial charge in [-0.25, -0.2) is 0 Å². The van der Waals surface area contributed by atoms with Gasteiger partial charge < -0.3 is 26.4 Å². The molecule has 0 aromatic heterocycles. The van der Waals surface area contributed by atoms with E-state index in [1.165, 1.54) is 0 Å². The number of rotatable bonds is 8. The van der Waals surface area contributed by atoms with E-state index < -0.39 is 12.1 Å². The van der Waals surface area contributed by atoms with Gasteiger partial charge in [0.1, 0.15) is 11.8 Å². The van der Waals surface area contributed by atoms with Gasteiger partial charge in [0.25, 0.3) is 0 Å². The second-order valence-electron chi connectivity index (χ2n) is 7.47. The smallest absolute Gasteiger partial charge is 0.247 e. The Balaban J connectivity index is 0.00000240. The van der Waals surface area contributed by atoms with Crippen LogP contribution in [-0.4, -0.2) is 49.0 Å². The van der Waals surface area contributed by atoms with Gasteiger partial charge in [-0.2, -0.15) is 0 Å². The third-order valence-electron chi connectivity index (χ3n) is 5.44. The summed E-state index contributed by atoms with van der Waals surface area (Å²) in [6, 6.07) is 10.5. The lowest BCUT2D eigenvalue weighted by atomic mass is 10.1. The molecule has 0 aliphatic carbocycles. The van der Waals surface area contributed by atoms with Gasteiger partial charge in [-0.05, 0) is 43.7 Å². The third kappa shape index (κ3) is 6.46. The number of benzene rings is 2. The monoisotopic (exact) mass is 470 g/mol. The molecule has 1 saturated heterocycles. The molecule has 0 radical (unpaired) electrons. The maximum Gasteiger partial charge on any atom is 0.247 e. The number of anilines is 1. The van der Waals surface area contributed by atoms with Gasteiger partial charge in [0, 0.05) is 23.7 Å². The van der Waals surface area contributed by atoms with Crippen molar-refractivity contribution in [3.8, 4) is 5.75 Å². The number of carbonyl (C=O) groups is 2. The predicted octanol–water partition coefficient (Wildman–Crippen LogP) is 3.08. The summed E-state index contributed by atoms with van der Waals surface area (Å²) in [5, 5.41) is 4.91. The maximum atomic E-state index is 12.9. The Morgan fingerprint density at radius 2 is 1.97 bits per heavy atom. The molecule has 3 rings (SSSR count). The maximum absolute atomic E-state index is 12.9. The quantitative estimate of drug-likeness (QED) is 0.513. The van der Waals surface area contributed by atoms with Crippen LogP contribution in [0.25, 0.3) is 10.8 Å². The van der Waals surface area contributed by atoms with Crippen molar-refractivity contribution in [3.63, 3.8) is 0 Å². The van der Waals surface area contributed by atoms with E-state index in [4.69, 9.17) is 16.2 Å². The van der Waals surface area contributed by atoms with Crippen LogP contribution >= 0.6 is 24.8 Å². The standard InChI is InChI=1S/C22H30N4O3.2ClH/c1-29-20-14-16(13-15-7-2-3-8-17(15)20)25-21(27)19-10-6-12-26(19)22(28)18(24)9-4-5-11-23;;/h2-3,7-8,13-14,18-19H,4-6,9-12,23-24H2,1H3,(H,25,27);2*1H/t18-,19-;;/m0../s1. The summed E-state index contributed by atoms with van der Waals surface area (Å²) in [5.74, 6) is 0.345. The van der Waals surface area contributed by atoms with Crippen LogP contribution in [0.3, 0.4) is 0 Å². The van der Waals surface area contributed by atoms with Crippen molar-refractivity contribution >= 4 is 53.1 Å². The van der Waals surface area contributed by atoms with Crippen molar-refractivity contribution in [1.82, 2.24) is 4.90 Å². The van der Waals surface area contributed by atoms with Crippen LogP contribution in [0, 0.1) is 0 Å². The van der Waals surface area contributed by atoms with Crippen molar-refractivity contribution in [2.24, 2.45) is 11.5 Å². The highest BCUT2D eigenvalue weighted by atomic mass is 35.5. The molecule has 0 spiro atoms. The van der Waals surface area contributed by atoms with Crippen molar-refractivity contribution in [2.75, 3.05) is 25.5 Å². The summed E-state index contributed by atoms with van der Waals surface area (Å²) in [4.78, 5) is 27.3. The number of amides is 2. The first-order chi connectivity index (χ1) is 14.0. The van der Waals surface area contributed by atoms with Gasteiger partial charge in [0.15, 0.2) is 0 Å².